The molecule has 0 radical (unpaired) electrons. The van der Waals surface area contributed by atoms with Gasteiger partial charge in [0.05, 0.1) is 5.56 Å². The van der Waals surface area contributed by atoms with Crippen molar-refractivity contribution < 1.29 is 14.7 Å². The smallest absolute Gasteiger partial charge is 0.335 e. The number of carbonyl (C=O) groups is 2. The first-order valence-electron chi connectivity index (χ1n) is 21.7. The average molecular weight is 739 g/mol. The van der Waals surface area contributed by atoms with Crippen molar-refractivity contribution in [3.05, 3.63) is 53.6 Å². The number of fused-ring (bicyclic) bond motifs is 7. The molecule has 7 nitrogen and oxygen atoms in total. The van der Waals surface area contributed by atoms with Crippen molar-refractivity contribution in [1.29, 1.82) is 0 Å². The number of carbonyl (C=O) groups excluding carboxylic acids is 1. The third-order valence-corrected chi connectivity index (χ3v) is 18.2. The molecule has 2 N–H and O–H groups in total. The molecule has 1 aromatic rings. The van der Waals surface area contributed by atoms with Gasteiger partial charge in [0.2, 0.25) is 0 Å². The Bertz CT molecular complexity index is 1670. The average Bonchev–Trinajstić information content (AvgIpc) is 3.52. The summed E-state index contributed by atoms with van der Waals surface area (Å²) in [5.41, 5.74) is 4.74. The lowest BCUT2D eigenvalue weighted by Gasteiger charge is -2.72. The number of nitrogens with zero attached hydrogens (tertiary/aromatic N) is 3. The fourth-order valence-corrected chi connectivity index (χ4v) is 15.2. The molecule has 9 atom stereocenters. The molecule has 7 aliphatic rings. The van der Waals surface area contributed by atoms with Crippen LogP contribution in [0.25, 0.3) is 5.57 Å². The van der Waals surface area contributed by atoms with E-state index in [1.807, 2.05) is 12.1 Å². The van der Waals surface area contributed by atoms with Gasteiger partial charge in [-0.25, -0.2) is 9.59 Å². The number of piperidine rings is 1. The maximum absolute atomic E-state index is 14.3. The number of hydrogen-bond acceptors (Lipinski definition) is 4. The summed E-state index contributed by atoms with van der Waals surface area (Å²) in [5, 5.41) is 13.4. The van der Waals surface area contributed by atoms with Gasteiger partial charge in [0.1, 0.15) is 0 Å². The van der Waals surface area contributed by atoms with Crippen LogP contribution in [0.4, 0.5) is 4.79 Å². The zero-order valence-electron chi connectivity index (χ0n) is 34.7. The predicted octanol–water partition coefficient (Wildman–Crippen LogP) is 9.21. The molecule has 8 rings (SSSR count). The van der Waals surface area contributed by atoms with Crippen molar-refractivity contribution in [1.82, 2.24) is 20.0 Å². The zero-order chi connectivity index (χ0) is 38.4. The van der Waals surface area contributed by atoms with Gasteiger partial charge < -0.3 is 20.2 Å². The molecule has 4 saturated carbocycles. The van der Waals surface area contributed by atoms with Gasteiger partial charge >= 0.3 is 12.0 Å². The highest BCUT2D eigenvalue weighted by Crippen LogP contribution is 2.76. The van der Waals surface area contributed by atoms with Crippen LogP contribution in [0.5, 0.6) is 0 Å². The Hall–Kier alpha value is -2.64. The first-order chi connectivity index (χ1) is 25.5. The highest BCUT2D eigenvalue weighted by molar-refractivity contribution is 5.88. The minimum atomic E-state index is -0.868. The van der Waals surface area contributed by atoms with Crippen LogP contribution in [0.1, 0.15) is 128 Å². The number of carboxylic acids is 1. The van der Waals surface area contributed by atoms with E-state index in [1.54, 1.807) is 12.1 Å². The summed E-state index contributed by atoms with van der Waals surface area (Å²) in [5.74, 6) is 1.84. The third-order valence-electron chi connectivity index (χ3n) is 18.2. The van der Waals surface area contributed by atoms with Gasteiger partial charge in [0.15, 0.2) is 0 Å². The Morgan fingerprint density at radius 2 is 1.48 bits per heavy atom. The van der Waals surface area contributed by atoms with Crippen molar-refractivity contribution in [3.8, 4) is 0 Å². The number of allylic oxidation sites excluding steroid dienone is 3. The summed E-state index contributed by atoms with van der Waals surface area (Å²) in [4.78, 5) is 33.2. The van der Waals surface area contributed by atoms with Crippen LogP contribution in [-0.2, 0) is 0 Å². The second kappa shape index (κ2) is 13.5. The normalized spacial score (nSPS) is 41.1. The van der Waals surface area contributed by atoms with Gasteiger partial charge in [-0.3, -0.25) is 4.90 Å². The first kappa shape index (κ1) is 38.2. The largest absolute Gasteiger partial charge is 0.478 e. The van der Waals surface area contributed by atoms with Crippen molar-refractivity contribution in [2.75, 3.05) is 46.3 Å². The number of nitrogens with one attached hydrogen (secondary N) is 1. The van der Waals surface area contributed by atoms with Gasteiger partial charge in [-0.05, 0) is 172 Å². The van der Waals surface area contributed by atoms with E-state index in [9.17, 15) is 14.7 Å². The summed E-state index contributed by atoms with van der Waals surface area (Å²) in [6.45, 7) is 25.8. The summed E-state index contributed by atoms with van der Waals surface area (Å²) in [6.07, 6.45) is 15.6. The second-order valence-corrected chi connectivity index (χ2v) is 20.8. The minimum Gasteiger partial charge on any atom is -0.478 e. The predicted molar refractivity (Wildman–Crippen MR) is 218 cm³/mol. The minimum absolute atomic E-state index is 0.00206. The topological polar surface area (TPSA) is 76.1 Å². The number of benzene rings is 1. The molecule has 0 spiro atoms. The molecule has 9 unspecified atom stereocenters. The lowest BCUT2D eigenvalue weighted by atomic mass is 9.33. The number of amides is 2. The molecule has 54 heavy (non-hydrogen) atoms. The monoisotopic (exact) mass is 739 g/mol. The number of urea groups is 1. The number of likely N-dealkylation sites (tertiary alicyclic amines) is 1. The van der Waals surface area contributed by atoms with E-state index in [0.29, 0.717) is 41.2 Å². The second-order valence-electron chi connectivity index (χ2n) is 20.8. The molecule has 2 heterocycles. The molecule has 1 aromatic carbocycles. The lowest BCUT2D eigenvalue weighted by Crippen LogP contribution is -2.69. The Kier molecular flexibility index (Phi) is 9.56. The molecular formula is C47H70N4O3. The summed E-state index contributed by atoms with van der Waals surface area (Å²) >= 11 is 0. The number of carboxylic acid groups (broad SMARTS) is 1. The molecule has 296 valence electrons. The Balaban J connectivity index is 1.03. The molecule has 7 heteroatoms. The van der Waals surface area contributed by atoms with E-state index in [-0.39, 0.29) is 33.2 Å². The van der Waals surface area contributed by atoms with E-state index in [0.717, 1.165) is 51.9 Å². The van der Waals surface area contributed by atoms with Crippen LogP contribution < -0.4 is 5.32 Å². The number of piperazine rings is 1. The SMILES string of the molecule is C=C(C)C1CCC2(NC(=O)N3CCN(C4CCN(C)CC4)CC3)CCC3(C)C(CCC4C5(C)CC=C(c6ccc(C(=O)O)cc6)C(C)(C)C5CCC43C)C12. The quantitative estimate of drug-likeness (QED) is 0.295. The lowest BCUT2D eigenvalue weighted by molar-refractivity contribution is -0.218. The van der Waals surface area contributed by atoms with Crippen LogP contribution in [-0.4, -0.2) is 89.7 Å². The summed E-state index contributed by atoms with van der Waals surface area (Å²) in [7, 11) is 2.23. The van der Waals surface area contributed by atoms with Crippen LogP contribution in [0.3, 0.4) is 0 Å². The number of aromatic carboxylic acids is 1. The Morgan fingerprint density at radius 1 is 0.796 bits per heavy atom. The van der Waals surface area contributed by atoms with Crippen LogP contribution in [0.15, 0.2) is 42.5 Å². The number of hydrogen-bond donors (Lipinski definition) is 2. The number of rotatable bonds is 5. The van der Waals surface area contributed by atoms with Crippen molar-refractivity contribution in [2.24, 2.45) is 51.2 Å². The van der Waals surface area contributed by atoms with Gasteiger partial charge in [-0.2, -0.15) is 0 Å². The summed E-state index contributed by atoms with van der Waals surface area (Å²) in [6, 6.07) is 8.45. The van der Waals surface area contributed by atoms with Crippen LogP contribution in [0, 0.1) is 51.2 Å². The molecule has 5 aliphatic carbocycles. The van der Waals surface area contributed by atoms with Gasteiger partial charge in [0, 0.05) is 37.8 Å². The van der Waals surface area contributed by atoms with E-state index < -0.39 is 5.97 Å². The molecule has 2 aliphatic heterocycles. The highest BCUT2D eigenvalue weighted by atomic mass is 16.4. The van der Waals surface area contributed by atoms with Gasteiger partial charge in [-0.1, -0.05) is 65.0 Å². The van der Waals surface area contributed by atoms with Crippen LogP contribution in [0.2, 0.25) is 0 Å². The zero-order valence-corrected chi connectivity index (χ0v) is 34.7. The molecule has 6 fully saturated rings. The van der Waals surface area contributed by atoms with Crippen molar-refractivity contribution >= 4 is 17.6 Å². The van der Waals surface area contributed by atoms with E-state index in [1.165, 1.54) is 74.7 Å². The molecular weight excluding hydrogens is 669 g/mol. The fourth-order valence-electron chi connectivity index (χ4n) is 15.2. The fraction of sp³-hybridized carbons (Fsp3) is 0.745. The van der Waals surface area contributed by atoms with Crippen LogP contribution >= 0.6 is 0 Å². The molecule has 0 aromatic heterocycles. The third kappa shape index (κ3) is 5.78. The maximum Gasteiger partial charge on any atom is 0.335 e. The van der Waals surface area contributed by atoms with Gasteiger partial charge in [0.25, 0.3) is 0 Å². The summed E-state index contributed by atoms with van der Waals surface area (Å²) < 4.78 is 0. The highest BCUT2D eigenvalue weighted by Gasteiger charge is 2.70. The Morgan fingerprint density at radius 3 is 2.13 bits per heavy atom. The Labute approximate surface area is 326 Å². The molecule has 2 amide bonds. The van der Waals surface area contributed by atoms with E-state index >= 15 is 0 Å². The van der Waals surface area contributed by atoms with E-state index in [2.05, 4.69) is 81.3 Å². The standard InChI is InChI=1S/C47H70N4O3/c1-31(2)35-15-22-47(48-42(54)51-29-27-50(28-30-51)34-18-25-49(8)26-19-34)24-23-45(6)37(40(35)47)13-14-39-44(5)20-16-36(32-9-11-33(12-10-32)41(52)53)43(3,4)38(44)17-21-46(39,45)7/h9-12,16,34-35,37-40H,1,13-15,17-30H2,2-8H3,(H,48,54)(H,52,53). The molecule has 2 saturated heterocycles. The van der Waals surface area contributed by atoms with Crippen molar-refractivity contribution in [2.45, 2.75) is 124 Å². The molecule has 0 bridgehead atoms. The van der Waals surface area contributed by atoms with Crippen molar-refractivity contribution in [3.63, 3.8) is 0 Å². The maximum atomic E-state index is 14.3. The van der Waals surface area contributed by atoms with Gasteiger partial charge in [-0.15, -0.1) is 0 Å². The first-order valence-corrected chi connectivity index (χ1v) is 21.7. The van der Waals surface area contributed by atoms with E-state index in [4.69, 9.17) is 0 Å².